The van der Waals surface area contributed by atoms with Gasteiger partial charge in [-0.1, -0.05) is 6.92 Å². The van der Waals surface area contributed by atoms with E-state index in [9.17, 15) is 0 Å². The topological polar surface area (TPSA) is 22.1 Å². The van der Waals surface area contributed by atoms with Gasteiger partial charge in [0.1, 0.15) is 5.75 Å². The minimum Gasteiger partial charge on any atom is -0.495 e. The molecule has 3 heteroatoms. The van der Waals surface area contributed by atoms with Crippen LogP contribution in [-0.4, -0.2) is 12.1 Å². The van der Waals surface area contributed by atoms with Gasteiger partial charge in [-0.05, 0) is 18.6 Å². The molecule has 0 aliphatic heterocycles. The Morgan fingerprint density at radius 2 is 2.33 bits per heavy atom. The van der Waals surface area contributed by atoms with E-state index in [2.05, 4.69) is 4.98 Å². The van der Waals surface area contributed by atoms with Crippen molar-refractivity contribution in [2.45, 2.75) is 18.7 Å². The van der Waals surface area contributed by atoms with Crippen molar-refractivity contribution in [2.24, 2.45) is 0 Å². The fraction of sp³-hybridized carbons (Fsp3) is 0.444. The first-order valence-corrected chi connectivity index (χ1v) is 4.35. The van der Waals surface area contributed by atoms with Gasteiger partial charge in [-0.25, -0.2) is 0 Å². The van der Waals surface area contributed by atoms with Gasteiger partial charge in [0.15, 0.2) is 0 Å². The van der Waals surface area contributed by atoms with Gasteiger partial charge in [0.2, 0.25) is 0 Å². The maximum Gasteiger partial charge on any atom is 0.137 e. The van der Waals surface area contributed by atoms with Gasteiger partial charge in [-0.2, -0.15) is 0 Å². The van der Waals surface area contributed by atoms with Crippen LogP contribution in [0.15, 0.2) is 18.3 Å². The number of halogens is 1. The van der Waals surface area contributed by atoms with Gasteiger partial charge < -0.3 is 4.74 Å². The first-order valence-electron chi connectivity index (χ1n) is 3.92. The van der Waals surface area contributed by atoms with Crippen molar-refractivity contribution in [3.8, 4) is 5.75 Å². The first-order chi connectivity index (χ1) is 5.77. The molecule has 1 unspecified atom stereocenters. The van der Waals surface area contributed by atoms with E-state index in [-0.39, 0.29) is 5.38 Å². The number of ether oxygens (including phenoxy) is 1. The Bertz CT molecular complexity index is 235. The van der Waals surface area contributed by atoms with Crippen molar-refractivity contribution in [1.82, 2.24) is 4.98 Å². The monoisotopic (exact) mass is 185 g/mol. The van der Waals surface area contributed by atoms with Crippen LogP contribution in [0.3, 0.4) is 0 Å². The lowest BCUT2D eigenvalue weighted by atomic mass is 10.2. The van der Waals surface area contributed by atoms with Gasteiger partial charge in [0.05, 0.1) is 24.4 Å². The molecule has 1 aromatic heterocycles. The molecule has 0 aliphatic rings. The van der Waals surface area contributed by atoms with Crippen molar-refractivity contribution in [1.29, 1.82) is 0 Å². The van der Waals surface area contributed by atoms with Crippen LogP contribution >= 0.6 is 11.6 Å². The number of alkyl halides is 1. The molecule has 0 aromatic carbocycles. The number of aromatic nitrogens is 1. The predicted molar refractivity (Wildman–Crippen MR) is 49.7 cm³/mol. The Kier molecular flexibility index (Phi) is 3.35. The number of rotatable bonds is 3. The van der Waals surface area contributed by atoms with Crippen LogP contribution in [0.2, 0.25) is 0 Å². The molecule has 0 amide bonds. The molecule has 0 saturated carbocycles. The van der Waals surface area contributed by atoms with E-state index in [1.165, 1.54) is 0 Å². The van der Waals surface area contributed by atoms with E-state index in [4.69, 9.17) is 16.3 Å². The second-order valence-electron chi connectivity index (χ2n) is 2.50. The van der Waals surface area contributed by atoms with Crippen LogP contribution in [0.25, 0.3) is 0 Å². The fourth-order valence-corrected chi connectivity index (χ4v) is 1.04. The molecule has 1 rings (SSSR count). The average Bonchev–Trinajstić information content (AvgIpc) is 2.17. The highest BCUT2D eigenvalue weighted by molar-refractivity contribution is 6.20. The molecule has 0 aliphatic carbocycles. The van der Waals surface area contributed by atoms with Crippen LogP contribution < -0.4 is 4.74 Å². The summed E-state index contributed by atoms with van der Waals surface area (Å²) in [5, 5.41) is 0.0101. The number of hydrogen-bond acceptors (Lipinski definition) is 2. The summed E-state index contributed by atoms with van der Waals surface area (Å²) in [7, 11) is 1.62. The molecule has 0 fully saturated rings. The third kappa shape index (κ3) is 2.11. The summed E-state index contributed by atoms with van der Waals surface area (Å²) in [6, 6.07) is 3.76. The van der Waals surface area contributed by atoms with Gasteiger partial charge in [0.25, 0.3) is 0 Å². The smallest absolute Gasteiger partial charge is 0.137 e. The largest absolute Gasteiger partial charge is 0.495 e. The molecule has 0 N–H and O–H groups in total. The van der Waals surface area contributed by atoms with Crippen molar-refractivity contribution in [3.05, 3.63) is 24.0 Å². The third-order valence-corrected chi connectivity index (χ3v) is 2.21. The van der Waals surface area contributed by atoms with E-state index >= 15 is 0 Å². The summed E-state index contributed by atoms with van der Waals surface area (Å²) in [6.07, 6.45) is 2.57. The molecule has 0 spiro atoms. The maximum absolute atomic E-state index is 5.98. The van der Waals surface area contributed by atoms with Gasteiger partial charge >= 0.3 is 0 Å². The van der Waals surface area contributed by atoms with E-state index in [0.717, 1.165) is 17.9 Å². The SMILES string of the molecule is CCC(Cl)c1ccc(OC)cn1. The molecule has 0 saturated heterocycles. The van der Waals surface area contributed by atoms with Crippen LogP contribution in [0.4, 0.5) is 0 Å². The summed E-state index contributed by atoms with van der Waals surface area (Å²) in [5.74, 6) is 0.763. The van der Waals surface area contributed by atoms with Crippen molar-refractivity contribution in [3.63, 3.8) is 0 Å². The molecule has 0 bridgehead atoms. The number of hydrogen-bond donors (Lipinski definition) is 0. The lowest BCUT2D eigenvalue weighted by Gasteiger charge is -2.05. The van der Waals surface area contributed by atoms with Gasteiger partial charge in [-0.15, -0.1) is 11.6 Å². The highest BCUT2D eigenvalue weighted by Crippen LogP contribution is 2.22. The highest BCUT2D eigenvalue weighted by atomic mass is 35.5. The quantitative estimate of drug-likeness (QED) is 0.676. The van der Waals surface area contributed by atoms with Crippen LogP contribution in [0.1, 0.15) is 24.4 Å². The minimum atomic E-state index is 0.0101. The highest BCUT2D eigenvalue weighted by Gasteiger charge is 2.05. The summed E-state index contributed by atoms with van der Waals surface area (Å²) in [5.41, 5.74) is 0.903. The number of nitrogens with zero attached hydrogens (tertiary/aromatic N) is 1. The maximum atomic E-state index is 5.98. The standard InChI is InChI=1S/C9H12ClNO/c1-3-8(10)9-5-4-7(12-2)6-11-9/h4-6,8H,3H2,1-2H3. The zero-order valence-electron chi connectivity index (χ0n) is 7.25. The Labute approximate surface area is 77.5 Å². The summed E-state index contributed by atoms with van der Waals surface area (Å²) >= 11 is 5.98. The summed E-state index contributed by atoms with van der Waals surface area (Å²) in [6.45, 7) is 2.03. The number of pyridine rings is 1. The molecular weight excluding hydrogens is 174 g/mol. The lowest BCUT2D eigenvalue weighted by Crippen LogP contribution is -1.93. The predicted octanol–water partition coefficient (Wildman–Crippen LogP) is 2.78. The van der Waals surface area contributed by atoms with Crippen molar-refractivity contribution < 1.29 is 4.74 Å². The molecular formula is C9H12ClNO. The van der Waals surface area contributed by atoms with Gasteiger partial charge in [-0.3, -0.25) is 4.98 Å². The van der Waals surface area contributed by atoms with Crippen LogP contribution in [0, 0.1) is 0 Å². The normalized spacial score (nSPS) is 12.6. The lowest BCUT2D eigenvalue weighted by molar-refractivity contribution is 0.412. The third-order valence-electron chi connectivity index (χ3n) is 1.67. The van der Waals surface area contributed by atoms with E-state index in [1.54, 1.807) is 13.3 Å². The molecule has 1 aromatic rings. The Morgan fingerprint density at radius 3 is 2.75 bits per heavy atom. The Hall–Kier alpha value is -0.760. The molecule has 1 heterocycles. The minimum absolute atomic E-state index is 0.0101. The average molecular weight is 186 g/mol. The molecule has 2 nitrogen and oxygen atoms in total. The molecule has 1 atom stereocenters. The van der Waals surface area contributed by atoms with Crippen molar-refractivity contribution >= 4 is 11.6 Å². The molecule has 0 radical (unpaired) electrons. The zero-order valence-corrected chi connectivity index (χ0v) is 8.01. The number of methoxy groups -OCH3 is 1. The second kappa shape index (κ2) is 4.31. The molecule has 66 valence electrons. The van der Waals surface area contributed by atoms with E-state index in [0.29, 0.717) is 0 Å². The van der Waals surface area contributed by atoms with Crippen LogP contribution in [0.5, 0.6) is 5.75 Å². The summed E-state index contributed by atoms with van der Waals surface area (Å²) in [4.78, 5) is 4.16. The first kappa shape index (κ1) is 9.33. The van der Waals surface area contributed by atoms with Crippen molar-refractivity contribution in [2.75, 3.05) is 7.11 Å². The fourth-order valence-electron chi connectivity index (χ4n) is 0.907. The Balaban J connectivity index is 2.77. The van der Waals surface area contributed by atoms with Gasteiger partial charge in [0, 0.05) is 0 Å². The van der Waals surface area contributed by atoms with Crippen LogP contribution in [-0.2, 0) is 0 Å². The zero-order chi connectivity index (χ0) is 8.97. The molecule has 12 heavy (non-hydrogen) atoms. The second-order valence-corrected chi connectivity index (χ2v) is 3.03. The van der Waals surface area contributed by atoms with E-state index < -0.39 is 0 Å². The summed E-state index contributed by atoms with van der Waals surface area (Å²) < 4.78 is 4.98. The Morgan fingerprint density at radius 1 is 1.58 bits per heavy atom. The van der Waals surface area contributed by atoms with E-state index in [1.807, 2.05) is 19.1 Å².